The van der Waals surface area contributed by atoms with Crippen LogP contribution in [-0.2, 0) is 10.0 Å². The molecule has 8 heteroatoms. The third-order valence-corrected chi connectivity index (χ3v) is 6.67. The van der Waals surface area contributed by atoms with Crippen LogP contribution in [0.25, 0.3) is 0 Å². The van der Waals surface area contributed by atoms with Gasteiger partial charge < -0.3 is 5.32 Å². The van der Waals surface area contributed by atoms with Crippen molar-refractivity contribution in [1.82, 2.24) is 14.5 Å². The number of sulfonamides is 1. The molecule has 0 spiro atoms. The number of nitriles is 1. The van der Waals surface area contributed by atoms with Gasteiger partial charge in [0.25, 0.3) is 0 Å². The summed E-state index contributed by atoms with van der Waals surface area (Å²) in [5, 5.41) is 12.6. The van der Waals surface area contributed by atoms with E-state index in [1.165, 1.54) is 4.31 Å². The van der Waals surface area contributed by atoms with Gasteiger partial charge in [-0.3, -0.25) is 4.90 Å². The molecule has 0 bridgehead atoms. The molecule has 0 radical (unpaired) electrons. The van der Waals surface area contributed by atoms with E-state index in [4.69, 9.17) is 0 Å². The molecule has 2 fully saturated rings. The second-order valence-electron chi connectivity index (χ2n) is 6.15. The molecule has 0 aromatic heterocycles. The summed E-state index contributed by atoms with van der Waals surface area (Å²) < 4.78 is 27.4. The number of rotatable bonds is 3. The van der Waals surface area contributed by atoms with Crippen LogP contribution in [-0.4, -0.2) is 62.9 Å². The average Bonchev–Trinajstić information content (AvgIpc) is 3.06. The molecule has 0 aliphatic carbocycles. The van der Waals surface area contributed by atoms with Gasteiger partial charge in [-0.05, 0) is 25.0 Å². The fourth-order valence-corrected chi connectivity index (χ4v) is 5.12. The van der Waals surface area contributed by atoms with Gasteiger partial charge in [0.1, 0.15) is 11.0 Å². The summed E-state index contributed by atoms with van der Waals surface area (Å²) in [5.74, 6) is 0. The molecule has 0 amide bonds. The van der Waals surface area contributed by atoms with E-state index >= 15 is 0 Å². The number of benzene rings is 1. The highest BCUT2D eigenvalue weighted by Gasteiger charge is 2.36. The fraction of sp³-hybridized carbons (Fsp3) is 0.562. The van der Waals surface area contributed by atoms with Crippen molar-refractivity contribution in [2.45, 2.75) is 24.3 Å². The molecular formula is C16H23ClN4O2S. The van der Waals surface area contributed by atoms with Crippen molar-refractivity contribution in [1.29, 1.82) is 5.26 Å². The van der Waals surface area contributed by atoms with Crippen LogP contribution >= 0.6 is 12.4 Å². The molecule has 2 aliphatic rings. The van der Waals surface area contributed by atoms with Crippen molar-refractivity contribution in [3.05, 3.63) is 29.3 Å². The van der Waals surface area contributed by atoms with Gasteiger partial charge in [-0.2, -0.15) is 9.57 Å². The summed E-state index contributed by atoms with van der Waals surface area (Å²) in [5.41, 5.74) is 0.963. The van der Waals surface area contributed by atoms with Crippen molar-refractivity contribution < 1.29 is 8.42 Å². The Labute approximate surface area is 149 Å². The molecule has 1 atom stereocenters. The van der Waals surface area contributed by atoms with Gasteiger partial charge in [-0.25, -0.2) is 8.42 Å². The zero-order valence-corrected chi connectivity index (χ0v) is 15.4. The molecule has 132 valence electrons. The van der Waals surface area contributed by atoms with Crippen LogP contribution in [0.2, 0.25) is 0 Å². The van der Waals surface area contributed by atoms with Crippen LogP contribution in [0.3, 0.4) is 0 Å². The molecule has 2 aliphatic heterocycles. The largest absolute Gasteiger partial charge is 0.314 e. The van der Waals surface area contributed by atoms with Gasteiger partial charge in [0.15, 0.2) is 0 Å². The summed E-state index contributed by atoms with van der Waals surface area (Å²) in [4.78, 5) is 2.51. The van der Waals surface area contributed by atoms with E-state index in [1.54, 1.807) is 25.1 Å². The number of hydrogen-bond donors (Lipinski definition) is 1. The highest BCUT2D eigenvalue weighted by atomic mass is 35.5. The summed E-state index contributed by atoms with van der Waals surface area (Å²) in [6.45, 7) is 6.65. The molecule has 1 N–H and O–H groups in total. The second-order valence-corrected chi connectivity index (χ2v) is 8.06. The quantitative estimate of drug-likeness (QED) is 0.857. The summed E-state index contributed by atoms with van der Waals surface area (Å²) in [6, 6.07) is 7.33. The highest BCUT2D eigenvalue weighted by Crippen LogP contribution is 2.27. The normalized spacial score (nSPS) is 22.8. The number of hydrogen-bond acceptors (Lipinski definition) is 5. The first-order valence-electron chi connectivity index (χ1n) is 7.98. The molecule has 2 saturated heterocycles. The SMILES string of the molecule is Cc1cccc(S(=O)(=O)N2CCC(N3CCNCC3)C2)c1C#N.Cl. The predicted molar refractivity (Wildman–Crippen MR) is 94.7 cm³/mol. The Hall–Kier alpha value is -1.17. The maximum Gasteiger partial charge on any atom is 0.244 e. The molecule has 1 unspecified atom stereocenters. The summed E-state index contributed by atoms with van der Waals surface area (Å²) in [7, 11) is -3.61. The minimum atomic E-state index is -3.61. The van der Waals surface area contributed by atoms with E-state index in [-0.39, 0.29) is 28.9 Å². The Morgan fingerprint density at radius 2 is 1.96 bits per heavy atom. The Balaban J connectivity index is 0.00000208. The molecule has 6 nitrogen and oxygen atoms in total. The first-order chi connectivity index (χ1) is 11.0. The van der Waals surface area contributed by atoms with Gasteiger partial charge >= 0.3 is 0 Å². The summed E-state index contributed by atoms with van der Waals surface area (Å²) >= 11 is 0. The molecule has 1 aromatic rings. The van der Waals surface area contributed by atoms with Crippen molar-refractivity contribution in [3.8, 4) is 6.07 Å². The highest BCUT2D eigenvalue weighted by molar-refractivity contribution is 7.89. The van der Waals surface area contributed by atoms with E-state index in [0.29, 0.717) is 18.7 Å². The maximum absolute atomic E-state index is 12.9. The fourth-order valence-electron chi connectivity index (χ4n) is 3.41. The lowest BCUT2D eigenvalue weighted by Gasteiger charge is -2.32. The standard InChI is InChI=1S/C16H22N4O2S.ClH/c1-13-3-2-4-16(15(13)11-17)23(21,22)20-8-5-14(12-20)19-9-6-18-7-10-19;/h2-4,14,18H,5-10,12H2,1H3;1H. The molecule has 2 heterocycles. The van der Waals surface area contributed by atoms with Crippen molar-refractivity contribution in [2.75, 3.05) is 39.3 Å². The lowest BCUT2D eigenvalue weighted by molar-refractivity contribution is 0.179. The zero-order valence-electron chi connectivity index (χ0n) is 13.7. The number of piperazine rings is 1. The van der Waals surface area contributed by atoms with Crippen LogP contribution in [0, 0.1) is 18.3 Å². The molecule has 24 heavy (non-hydrogen) atoms. The van der Waals surface area contributed by atoms with Crippen LogP contribution in [0.15, 0.2) is 23.1 Å². The van der Waals surface area contributed by atoms with Gasteiger partial charge in [-0.1, -0.05) is 12.1 Å². The molecule has 3 rings (SSSR count). The number of nitrogens with one attached hydrogen (secondary N) is 1. The minimum Gasteiger partial charge on any atom is -0.314 e. The van der Waals surface area contributed by atoms with Gasteiger partial charge in [0.2, 0.25) is 10.0 Å². The third-order valence-electron chi connectivity index (χ3n) is 4.76. The van der Waals surface area contributed by atoms with Crippen LogP contribution < -0.4 is 5.32 Å². The smallest absolute Gasteiger partial charge is 0.244 e. The minimum absolute atomic E-state index is 0. The molecule has 1 aromatic carbocycles. The Kier molecular flexibility index (Phi) is 6.23. The third kappa shape index (κ3) is 3.58. The topological polar surface area (TPSA) is 76.4 Å². The monoisotopic (exact) mass is 370 g/mol. The van der Waals surface area contributed by atoms with Gasteiger partial charge in [0.05, 0.1) is 5.56 Å². The molecule has 0 saturated carbocycles. The van der Waals surface area contributed by atoms with E-state index in [1.807, 2.05) is 6.07 Å². The predicted octanol–water partition coefficient (Wildman–Crippen LogP) is 0.957. The number of nitrogens with zero attached hydrogens (tertiary/aromatic N) is 3. The zero-order chi connectivity index (χ0) is 16.4. The van der Waals surface area contributed by atoms with Crippen LogP contribution in [0.5, 0.6) is 0 Å². The van der Waals surface area contributed by atoms with Crippen molar-refractivity contribution >= 4 is 22.4 Å². The molecular weight excluding hydrogens is 348 g/mol. The van der Waals surface area contributed by atoms with Crippen molar-refractivity contribution in [2.24, 2.45) is 0 Å². The average molecular weight is 371 g/mol. The Morgan fingerprint density at radius 1 is 1.25 bits per heavy atom. The van der Waals surface area contributed by atoms with Crippen LogP contribution in [0.4, 0.5) is 0 Å². The van der Waals surface area contributed by atoms with Gasteiger partial charge in [0, 0.05) is 45.3 Å². The first-order valence-corrected chi connectivity index (χ1v) is 9.42. The maximum atomic E-state index is 12.9. The Bertz CT molecular complexity index is 726. The van der Waals surface area contributed by atoms with Crippen molar-refractivity contribution in [3.63, 3.8) is 0 Å². The number of halogens is 1. The number of aryl methyl sites for hydroxylation is 1. The second kappa shape index (κ2) is 7.81. The van der Waals surface area contributed by atoms with E-state index < -0.39 is 10.0 Å². The first kappa shape index (κ1) is 19.2. The lowest BCUT2D eigenvalue weighted by Crippen LogP contribution is -2.49. The van der Waals surface area contributed by atoms with E-state index in [0.717, 1.165) is 32.6 Å². The Morgan fingerprint density at radius 3 is 2.62 bits per heavy atom. The summed E-state index contributed by atoms with van der Waals surface area (Å²) in [6.07, 6.45) is 0.854. The van der Waals surface area contributed by atoms with E-state index in [2.05, 4.69) is 10.2 Å². The van der Waals surface area contributed by atoms with Crippen LogP contribution in [0.1, 0.15) is 17.5 Å². The van der Waals surface area contributed by atoms with Gasteiger partial charge in [-0.15, -0.1) is 12.4 Å². The lowest BCUT2D eigenvalue weighted by atomic mass is 10.1. The van der Waals surface area contributed by atoms with E-state index in [9.17, 15) is 13.7 Å².